The van der Waals surface area contributed by atoms with Gasteiger partial charge in [-0.3, -0.25) is 9.59 Å². The maximum absolute atomic E-state index is 13.0. The minimum atomic E-state index is -0.730. The number of hydrogen-bond acceptors (Lipinski definition) is 8. The maximum Gasteiger partial charge on any atom is 0.291 e. The van der Waals surface area contributed by atoms with Crippen LogP contribution in [0.3, 0.4) is 0 Å². The first-order chi connectivity index (χ1) is 16.0. The van der Waals surface area contributed by atoms with Gasteiger partial charge < -0.3 is 20.6 Å². The summed E-state index contributed by atoms with van der Waals surface area (Å²) in [5.74, 6) is 0.328. The van der Waals surface area contributed by atoms with Crippen molar-refractivity contribution in [3.63, 3.8) is 0 Å². The number of nitrogens with one attached hydrogen (secondary N) is 2. The lowest BCUT2D eigenvalue weighted by Crippen LogP contribution is -2.48. The summed E-state index contributed by atoms with van der Waals surface area (Å²) in [4.78, 5) is 36.6. The molecule has 3 aromatic rings. The van der Waals surface area contributed by atoms with E-state index in [2.05, 4.69) is 25.7 Å². The number of likely N-dealkylation sites (N-methyl/N-ethyl adjacent to an activating group) is 1. The molecule has 0 saturated heterocycles. The van der Waals surface area contributed by atoms with Gasteiger partial charge >= 0.3 is 0 Å². The molecule has 1 aliphatic heterocycles. The molecular formula is C22H25N7O3S. The fraction of sp³-hybridized carbons (Fsp3) is 0.318. The van der Waals surface area contributed by atoms with Gasteiger partial charge in [0.15, 0.2) is 0 Å². The van der Waals surface area contributed by atoms with Crippen LogP contribution >= 0.6 is 11.8 Å². The first kappa shape index (κ1) is 22.7. The molecule has 0 radical (unpaired) electrons. The zero-order chi connectivity index (χ0) is 23.2. The van der Waals surface area contributed by atoms with Crippen molar-refractivity contribution in [2.75, 3.05) is 36.2 Å². The van der Waals surface area contributed by atoms with E-state index < -0.39 is 11.9 Å². The number of aliphatic hydroxyl groups is 1. The zero-order valence-electron chi connectivity index (χ0n) is 18.1. The molecule has 11 heteroatoms. The maximum atomic E-state index is 13.0. The van der Waals surface area contributed by atoms with E-state index in [1.807, 2.05) is 36.4 Å². The van der Waals surface area contributed by atoms with Gasteiger partial charge in [0, 0.05) is 30.8 Å². The number of anilines is 2. The van der Waals surface area contributed by atoms with Crippen LogP contribution in [0.15, 0.2) is 53.8 Å². The van der Waals surface area contributed by atoms with Gasteiger partial charge in [0.2, 0.25) is 11.7 Å². The minimum Gasteiger partial charge on any atom is -0.396 e. The summed E-state index contributed by atoms with van der Waals surface area (Å²) in [5, 5.41) is 19.1. The number of pyridine rings is 1. The van der Waals surface area contributed by atoms with Crippen LogP contribution in [0.4, 0.5) is 11.5 Å². The van der Waals surface area contributed by atoms with Crippen molar-refractivity contribution < 1.29 is 14.7 Å². The average molecular weight is 468 g/mol. The lowest BCUT2D eigenvalue weighted by atomic mass is 10.2. The predicted octanol–water partition coefficient (Wildman–Crippen LogP) is 1.38. The van der Waals surface area contributed by atoms with E-state index in [4.69, 9.17) is 5.11 Å². The van der Waals surface area contributed by atoms with E-state index in [-0.39, 0.29) is 18.3 Å². The fourth-order valence-electron chi connectivity index (χ4n) is 3.36. The third-order valence-corrected chi connectivity index (χ3v) is 6.25. The Kier molecular flexibility index (Phi) is 7.20. The largest absolute Gasteiger partial charge is 0.396 e. The molecule has 10 nitrogen and oxygen atoms in total. The molecule has 4 rings (SSSR count). The Hall–Kier alpha value is -3.44. The van der Waals surface area contributed by atoms with Crippen LogP contribution in [0.25, 0.3) is 0 Å². The summed E-state index contributed by atoms with van der Waals surface area (Å²) in [7, 11) is 1.67. The highest BCUT2D eigenvalue weighted by molar-refractivity contribution is 7.99. The predicted molar refractivity (Wildman–Crippen MR) is 125 cm³/mol. The summed E-state index contributed by atoms with van der Waals surface area (Å²) < 4.78 is 1.59. The number of carbonyl (C=O) groups is 2. The van der Waals surface area contributed by atoms with Crippen LogP contribution < -0.4 is 15.5 Å². The summed E-state index contributed by atoms with van der Waals surface area (Å²) >= 11 is 1.47. The van der Waals surface area contributed by atoms with Crippen LogP contribution in [0.2, 0.25) is 0 Å². The highest BCUT2D eigenvalue weighted by Crippen LogP contribution is 2.34. The number of hydrogen-bond donors (Lipinski definition) is 3. The molecule has 3 heterocycles. The molecule has 3 N–H and O–H groups in total. The van der Waals surface area contributed by atoms with Crippen molar-refractivity contribution >= 4 is 35.1 Å². The van der Waals surface area contributed by atoms with E-state index in [0.717, 1.165) is 10.5 Å². The Labute approximate surface area is 195 Å². The number of thioether (sulfide) groups is 1. The number of amides is 2. The standard InChI is InChI=1S/C22H25N7O3S/c1-28-17-11-24-19(23-8-5-9-30)10-18(17)33-13-16(22(28)32)26-21(31)20-25-14-29(27-20)12-15-6-3-2-4-7-15/h2-4,6-7,10-11,14,16,30H,5,8-9,12-13H2,1H3,(H,23,24)(H,26,31)/t16-/m0/s1. The Bertz CT molecular complexity index is 1120. The first-order valence-electron chi connectivity index (χ1n) is 10.5. The van der Waals surface area contributed by atoms with E-state index in [1.165, 1.54) is 23.0 Å². The molecule has 2 aromatic heterocycles. The molecule has 0 spiro atoms. The van der Waals surface area contributed by atoms with Gasteiger partial charge in [-0.25, -0.2) is 14.6 Å². The summed E-state index contributed by atoms with van der Waals surface area (Å²) in [6.45, 7) is 1.20. The SMILES string of the molecule is CN1C(=O)[C@@H](NC(=O)c2ncn(Cc3ccccc3)n2)CSc2cc(NCCCO)ncc21. The molecule has 2 amide bonds. The zero-order valence-corrected chi connectivity index (χ0v) is 19.0. The second kappa shape index (κ2) is 10.5. The van der Waals surface area contributed by atoms with Crippen molar-refractivity contribution in [2.45, 2.75) is 23.9 Å². The number of fused-ring (bicyclic) bond motifs is 1. The number of rotatable bonds is 8. The van der Waals surface area contributed by atoms with Gasteiger partial charge in [-0.2, -0.15) is 0 Å². The molecule has 1 aromatic carbocycles. The highest BCUT2D eigenvalue weighted by atomic mass is 32.2. The molecule has 33 heavy (non-hydrogen) atoms. The Morgan fingerprint density at radius 3 is 2.88 bits per heavy atom. The van der Waals surface area contributed by atoms with Crippen LogP contribution in [0.5, 0.6) is 0 Å². The van der Waals surface area contributed by atoms with Crippen molar-refractivity contribution in [3.8, 4) is 0 Å². The second-order valence-corrected chi connectivity index (χ2v) is 8.59. The smallest absolute Gasteiger partial charge is 0.291 e. The number of nitrogens with zero attached hydrogens (tertiary/aromatic N) is 5. The average Bonchev–Trinajstić information content (AvgIpc) is 3.26. The first-order valence-corrected chi connectivity index (χ1v) is 11.5. The van der Waals surface area contributed by atoms with Gasteiger partial charge in [0.05, 0.1) is 18.4 Å². The Morgan fingerprint density at radius 2 is 2.09 bits per heavy atom. The van der Waals surface area contributed by atoms with E-state index in [9.17, 15) is 9.59 Å². The number of aromatic nitrogens is 4. The number of carbonyl (C=O) groups excluding carboxylic acids is 2. The van der Waals surface area contributed by atoms with E-state index in [0.29, 0.717) is 36.8 Å². The molecule has 172 valence electrons. The van der Waals surface area contributed by atoms with Crippen LogP contribution in [0, 0.1) is 0 Å². The molecule has 1 aliphatic rings. The monoisotopic (exact) mass is 467 g/mol. The normalized spacial score (nSPS) is 15.6. The van der Waals surface area contributed by atoms with Gasteiger partial charge in [-0.15, -0.1) is 16.9 Å². The Balaban J connectivity index is 1.41. The topological polar surface area (TPSA) is 125 Å². The van der Waals surface area contributed by atoms with Gasteiger partial charge in [0.25, 0.3) is 5.91 Å². The van der Waals surface area contributed by atoms with Gasteiger partial charge in [-0.05, 0) is 18.1 Å². The molecule has 0 saturated carbocycles. The highest BCUT2D eigenvalue weighted by Gasteiger charge is 2.31. The Morgan fingerprint density at radius 1 is 1.27 bits per heavy atom. The molecule has 0 fully saturated rings. The summed E-state index contributed by atoms with van der Waals surface area (Å²) in [6.07, 6.45) is 3.76. The third-order valence-electron chi connectivity index (χ3n) is 5.12. The third kappa shape index (κ3) is 5.49. The molecular weight excluding hydrogens is 442 g/mol. The lowest BCUT2D eigenvalue weighted by Gasteiger charge is -2.21. The quantitative estimate of drug-likeness (QED) is 0.425. The van der Waals surface area contributed by atoms with E-state index in [1.54, 1.807) is 17.9 Å². The van der Waals surface area contributed by atoms with Crippen LogP contribution in [-0.4, -0.2) is 68.7 Å². The van der Waals surface area contributed by atoms with Crippen LogP contribution in [-0.2, 0) is 11.3 Å². The van der Waals surface area contributed by atoms with Gasteiger partial charge in [-0.1, -0.05) is 30.3 Å². The number of aliphatic hydroxyl groups excluding tert-OH is 1. The van der Waals surface area contributed by atoms with Crippen molar-refractivity contribution in [1.82, 2.24) is 25.1 Å². The summed E-state index contributed by atoms with van der Waals surface area (Å²) in [5.41, 5.74) is 1.72. The van der Waals surface area contributed by atoms with Crippen molar-refractivity contribution in [1.29, 1.82) is 0 Å². The molecule has 0 bridgehead atoms. The number of benzene rings is 1. The van der Waals surface area contributed by atoms with Crippen molar-refractivity contribution in [3.05, 3.63) is 60.3 Å². The van der Waals surface area contributed by atoms with Crippen molar-refractivity contribution in [2.24, 2.45) is 0 Å². The van der Waals surface area contributed by atoms with Crippen LogP contribution in [0.1, 0.15) is 22.6 Å². The summed E-state index contributed by atoms with van der Waals surface area (Å²) in [6, 6.07) is 10.9. The minimum absolute atomic E-state index is 0.0187. The van der Waals surface area contributed by atoms with Gasteiger partial charge in [0.1, 0.15) is 18.2 Å². The second-order valence-electron chi connectivity index (χ2n) is 7.53. The van der Waals surface area contributed by atoms with E-state index >= 15 is 0 Å². The lowest BCUT2D eigenvalue weighted by molar-refractivity contribution is -0.119. The fourth-order valence-corrected chi connectivity index (χ4v) is 4.46. The molecule has 0 aliphatic carbocycles. The molecule has 0 unspecified atom stereocenters. The molecule has 1 atom stereocenters.